The Morgan fingerprint density at radius 3 is 2.52 bits per heavy atom. The van der Waals surface area contributed by atoms with Crippen LogP contribution in [-0.2, 0) is 4.79 Å². The molecule has 114 valence electrons. The number of carbonyl (C=O) groups excluding carboxylic acids is 1. The summed E-state index contributed by atoms with van der Waals surface area (Å²) in [4.78, 5) is 17.7. The highest BCUT2D eigenvalue weighted by Gasteiger charge is 2.64. The van der Waals surface area contributed by atoms with Crippen molar-refractivity contribution >= 4 is 5.91 Å². The molecule has 2 saturated carbocycles. The first-order chi connectivity index (χ1) is 9.99. The van der Waals surface area contributed by atoms with Crippen molar-refractivity contribution in [2.75, 3.05) is 13.1 Å². The van der Waals surface area contributed by atoms with Crippen LogP contribution in [0.3, 0.4) is 0 Å². The monoisotopic (exact) mass is 296 g/mol. The molecule has 1 N–H and O–H groups in total. The lowest BCUT2D eigenvalue weighted by molar-refractivity contribution is -0.149. The van der Waals surface area contributed by atoms with Crippen LogP contribution in [0.2, 0.25) is 0 Å². The molecule has 21 heavy (non-hydrogen) atoms. The van der Waals surface area contributed by atoms with Crippen molar-refractivity contribution in [2.24, 2.45) is 11.3 Å². The van der Waals surface area contributed by atoms with Gasteiger partial charge >= 0.3 is 0 Å². The number of nitrogens with one attached hydrogen (secondary N) is 1. The molecule has 1 spiro atoms. The molecule has 4 rings (SSSR count). The van der Waals surface area contributed by atoms with E-state index in [1.165, 1.54) is 6.33 Å². The highest BCUT2D eigenvalue weighted by molar-refractivity contribution is 5.83. The summed E-state index contributed by atoms with van der Waals surface area (Å²) in [6.07, 6.45) is 5.38. The van der Waals surface area contributed by atoms with E-state index in [0.29, 0.717) is 19.0 Å². The first-order valence-electron chi connectivity index (χ1n) is 7.51. The third-order valence-electron chi connectivity index (χ3n) is 5.35. The molecule has 1 aromatic heterocycles. The van der Waals surface area contributed by atoms with Crippen molar-refractivity contribution < 1.29 is 13.6 Å². The maximum absolute atomic E-state index is 12.9. The van der Waals surface area contributed by atoms with E-state index in [1.807, 2.05) is 0 Å². The fourth-order valence-corrected chi connectivity index (χ4v) is 3.85. The average molecular weight is 296 g/mol. The molecule has 1 saturated heterocycles. The molecule has 1 amide bonds. The number of amides is 1. The van der Waals surface area contributed by atoms with E-state index >= 15 is 0 Å². The van der Waals surface area contributed by atoms with Gasteiger partial charge in [-0.3, -0.25) is 9.89 Å². The highest BCUT2D eigenvalue weighted by Crippen LogP contribution is 2.53. The molecule has 0 bridgehead atoms. The summed E-state index contributed by atoms with van der Waals surface area (Å²) in [7, 11) is 0. The number of H-pyrrole nitrogens is 1. The van der Waals surface area contributed by atoms with Gasteiger partial charge in [-0.25, -0.2) is 13.8 Å². The molecule has 1 aromatic rings. The first kappa shape index (κ1) is 13.2. The molecule has 1 atom stereocenters. The van der Waals surface area contributed by atoms with Crippen molar-refractivity contribution in [3.63, 3.8) is 0 Å². The molecule has 1 aliphatic heterocycles. The largest absolute Gasteiger partial charge is 0.341 e. The molecule has 3 aliphatic rings. The lowest BCUT2D eigenvalue weighted by atomic mass is 9.65. The molecule has 5 nitrogen and oxygen atoms in total. The van der Waals surface area contributed by atoms with Gasteiger partial charge in [-0.1, -0.05) is 0 Å². The first-order valence-corrected chi connectivity index (χ1v) is 7.51. The van der Waals surface area contributed by atoms with E-state index in [9.17, 15) is 13.6 Å². The minimum atomic E-state index is -2.75. The van der Waals surface area contributed by atoms with Crippen molar-refractivity contribution in [1.82, 2.24) is 20.1 Å². The zero-order chi connectivity index (χ0) is 14.7. The maximum Gasteiger partial charge on any atom is 0.260 e. The van der Waals surface area contributed by atoms with E-state index in [-0.39, 0.29) is 17.7 Å². The molecule has 3 fully saturated rings. The molecule has 1 unspecified atom stereocenters. The molecule has 0 aromatic carbocycles. The number of likely N-dealkylation sites (tertiary alicyclic amines) is 1. The third-order valence-corrected chi connectivity index (χ3v) is 5.35. The zero-order valence-corrected chi connectivity index (χ0v) is 11.7. The van der Waals surface area contributed by atoms with Crippen LogP contribution in [-0.4, -0.2) is 45.0 Å². The van der Waals surface area contributed by atoms with Gasteiger partial charge in [-0.2, -0.15) is 5.10 Å². The quantitative estimate of drug-likeness (QED) is 0.907. The van der Waals surface area contributed by atoms with Crippen LogP contribution in [0.5, 0.6) is 0 Å². The van der Waals surface area contributed by atoms with Crippen LogP contribution in [0.1, 0.15) is 43.8 Å². The molecular formula is C14H18F2N4O. The second kappa shape index (κ2) is 4.24. The summed E-state index contributed by atoms with van der Waals surface area (Å²) in [5, 5.41) is 6.80. The second-order valence-electron chi connectivity index (χ2n) is 6.86. The van der Waals surface area contributed by atoms with Gasteiger partial charge < -0.3 is 4.90 Å². The molecule has 2 heterocycles. The molecule has 0 radical (unpaired) electrons. The van der Waals surface area contributed by atoms with Gasteiger partial charge in [0, 0.05) is 30.8 Å². The summed E-state index contributed by atoms with van der Waals surface area (Å²) >= 11 is 0. The Hall–Kier alpha value is -1.53. The Bertz CT molecular complexity index is 543. The molecule has 7 heteroatoms. The Morgan fingerprint density at radius 1 is 1.33 bits per heavy atom. The average Bonchev–Trinajstić information content (AvgIpc) is 2.87. The summed E-state index contributed by atoms with van der Waals surface area (Å²) in [6, 6.07) is 0. The number of rotatable bonds is 2. The van der Waals surface area contributed by atoms with Crippen molar-refractivity contribution in [3.8, 4) is 0 Å². The predicted molar refractivity (Wildman–Crippen MR) is 69.7 cm³/mol. The SMILES string of the molecule is O=C(C1CC1(F)F)N1CC2(CCC(c3ncn[nH]3)CC2)C1. The standard InChI is InChI=1S/C14H18F2N4O/c15-14(16)5-10(14)12(21)20-6-13(7-20)3-1-9(2-4-13)11-17-8-18-19-11/h8-10H,1-7H2,(H,17,18,19). The van der Waals surface area contributed by atoms with E-state index in [1.54, 1.807) is 4.90 Å². The number of hydrogen-bond acceptors (Lipinski definition) is 3. The highest BCUT2D eigenvalue weighted by atomic mass is 19.3. The number of nitrogens with zero attached hydrogens (tertiary/aromatic N) is 3. The summed E-state index contributed by atoms with van der Waals surface area (Å²) < 4.78 is 25.9. The van der Waals surface area contributed by atoms with Crippen molar-refractivity contribution in [1.29, 1.82) is 0 Å². The van der Waals surface area contributed by atoms with Gasteiger partial charge in [0.2, 0.25) is 5.91 Å². The number of halogens is 2. The number of carbonyl (C=O) groups is 1. The predicted octanol–water partition coefficient (Wildman–Crippen LogP) is 1.95. The van der Waals surface area contributed by atoms with Gasteiger partial charge in [0.05, 0.1) is 0 Å². The van der Waals surface area contributed by atoms with Gasteiger partial charge in [0.15, 0.2) is 0 Å². The van der Waals surface area contributed by atoms with Crippen LogP contribution in [0.25, 0.3) is 0 Å². The lowest BCUT2D eigenvalue weighted by Gasteiger charge is -2.53. The van der Waals surface area contributed by atoms with E-state index < -0.39 is 11.8 Å². The summed E-state index contributed by atoms with van der Waals surface area (Å²) in [6.45, 7) is 1.31. The number of aromatic nitrogens is 3. The molecular weight excluding hydrogens is 278 g/mol. The second-order valence-corrected chi connectivity index (χ2v) is 6.86. The lowest BCUT2D eigenvalue weighted by Crippen LogP contribution is -2.60. The van der Waals surface area contributed by atoms with Gasteiger partial charge in [-0.15, -0.1) is 0 Å². The Labute approximate surface area is 121 Å². The van der Waals surface area contributed by atoms with Crippen molar-refractivity contribution in [2.45, 2.75) is 43.9 Å². The van der Waals surface area contributed by atoms with Gasteiger partial charge in [-0.05, 0) is 25.7 Å². The van der Waals surface area contributed by atoms with E-state index in [4.69, 9.17) is 0 Å². The normalized spacial score (nSPS) is 30.2. The fourth-order valence-electron chi connectivity index (χ4n) is 3.85. The molecule has 2 aliphatic carbocycles. The Kier molecular flexibility index (Phi) is 2.65. The summed E-state index contributed by atoms with van der Waals surface area (Å²) in [5.74, 6) is -2.78. The smallest absolute Gasteiger partial charge is 0.260 e. The number of aromatic amines is 1. The summed E-state index contributed by atoms with van der Waals surface area (Å²) in [5.41, 5.74) is 0.163. The van der Waals surface area contributed by atoms with Gasteiger partial charge in [0.25, 0.3) is 5.92 Å². The Balaban J connectivity index is 1.31. The number of alkyl halides is 2. The van der Waals surface area contributed by atoms with E-state index in [2.05, 4.69) is 15.2 Å². The maximum atomic E-state index is 12.9. The zero-order valence-electron chi connectivity index (χ0n) is 11.7. The third kappa shape index (κ3) is 2.13. The van der Waals surface area contributed by atoms with Crippen LogP contribution in [0, 0.1) is 11.3 Å². The Morgan fingerprint density at radius 2 is 2.00 bits per heavy atom. The van der Waals surface area contributed by atoms with Crippen LogP contribution in [0.15, 0.2) is 6.33 Å². The van der Waals surface area contributed by atoms with Crippen molar-refractivity contribution in [3.05, 3.63) is 12.2 Å². The van der Waals surface area contributed by atoms with Crippen LogP contribution < -0.4 is 0 Å². The van der Waals surface area contributed by atoms with Crippen LogP contribution in [0.4, 0.5) is 8.78 Å². The number of hydrogen-bond donors (Lipinski definition) is 1. The van der Waals surface area contributed by atoms with E-state index in [0.717, 1.165) is 31.5 Å². The topological polar surface area (TPSA) is 61.9 Å². The fraction of sp³-hybridized carbons (Fsp3) is 0.786. The van der Waals surface area contributed by atoms with Gasteiger partial charge in [0.1, 0.15) is 18.1 Å². The minimum absolute atomic E-state index is 0.163. The minimum Gasteiger partial charge on any atom is -0.341 e. The van der Waals surface area contributed by atoms with Crippen LogP contribution >= 0.6 is 0 Å².